The van der Waals surface area contributed by atoms with E-state index in [9.17, 15) is 9.59 Å². The van der Waals surface area contributed by atoms with Gasteiger partial charge in [0.2, 0.25) is 11.8 Å². The molecule has 5 heteroatoms. The molecule has 0 saturated carbocycles. The predicted molar refractivity (Wildman–Crippen MR) is 83.5 cm³/mol. The van der Waals surface area contributed by atoms with Crippen LogP contribution in [0.3, 0.4) is 0 Å². The molecule has 1 aromatic rings. The van der Waals surface area contributed by atoms with E-state index in [1.807, 2.05) is 13.8 Å². The van der Waals surface area contributed by atoms with E-state index in [2.05, 4.69) is 0 Å². The van der Waals surface area contributed by atoms with Gasteiger partial charge in [0.05, 0.1) is 27.6 Å². The number of amides is 2. The quantitative estimate of drug-likeness (QED) is 0.573. The van der Waals surface area contributed by atoms with Crippen LogP contribution in [0.25, 0.3) is 0 Å². The molecule has 1 aromatic carbocycles. The van der Waals surface area contributed by atoms with Gasteiger partial charge in [0, 0.05) is 0 Å². The summed E-state index contributed by atoms with van der Waals surface area (Å²) < 4.78 is 0. The summed E-state index contributed by atoms with van der Waals surface area (Å²) in [5.74, 6) is -0.866. The summed E-state index contributed by atoms with van der Waals surface area (Å²) in [6.45, 7) is 4.05. The molecule has 1 fully saturated rings. The minimum atomic E-state index is -0.267. The Morgan fingerprint density at radius 3 is 2.05 bits per heavy atom. The van der Waals surface area contributed by atoms with E-state index >= 15 is 0 Å². The number of imide groups is 1. The van der Waals surface area contributed by atoms with Crippen molar-refractivity contribution in [3.63, 3.8) is 0 Å². The van der Waals surface area contributed by atoms with Crippen molar-refractivity contribution in [2.45, 2.75) is 26.7 Å². The minimum Gasteiger partial charge on any atom is -0.274 e. The third-order valence-corrected chi connectivity index (χ3v) is 5.32. The second kappa shape index (κ2) is 5.15. The monoisotopic (exact) mass is 323 g/mol. The molecule has 21 heavy (non-hydrogen) atoms. The van der Waals surface area contributed by atoms with Gasteiger partial charge in [-0.05, 0) is 38.8 Å². The zero-order valence-electron chi connectivity index (χ0n) is 11.8. The Morgan fingerprint density at radius 1 is 1.00 bits per heavy atom. The largest absolute Gasteiger partial charge is 0.274 e. The standard InChI is InChI=1S/C16H15Cl2NO2/c1-8-6-10-11(7-9(8)2)16(21)19(15(10)20)13-5-3-4-12(17)14(13)18/h3-5,10-11H,6-7H2,1-2H3/t10-,11+. The van der Waals surface area contributed by atoms with Gasteiger partial charge in [0.15, 0.2) is 0 Å². The number of anilines is 1. The molecule has 2 aliphatic rings. The van der Waals surface area contributed by atoms with Gasteiger partial charge in [-0.15, -0.1) is 0 Å². The number of benzene rings is 1. The van der Waals surface area contributed by atoms with Crippen molar-refractivity contribution in [1.29, 1.82) is 0 Å². The van der Waals surface area contributed by atoms with E-state index < -0.39 is 0 Å². The van der Waals surface area contributed by atoms with Gasteiger partial charge in [0.25, 0.3) is 0 Å². The lowest BCUT2D eigenvalue weighted by Crippen LogP contribution is -2.31. The zero-order chi connectivity index (χ0) is 15.3. The van der Waals surface area contributed by atoms with Gasteiger partial charge in [-0.2, -0.15) is 0 Å². The van der Waals surface area contributed by atoms with E-state index in [1.165, 1.54) is 16.0 Å². The van der Waals surface area contributed by atoms with Crippen LogP contribution in [-0.2, 0) is 9.59 Å². The summed E-state index contributed by atoms with van der Waals surface area (Å²) in [5, 5.41) is 0.594. The molecule has 2 amide bonds. The lowest BCUT2D eigenvalue weighted by Gasteiger charge is -2.23. The van der Waals surface area contributed by atoms with Crippen molar-refractivity contribution in [1.82, 2.24) is 0 Å². The summed E-state index contributed by atoms with van der Waals surface area (Å²) in [5.41, 5.74) is 2.80. The number of hydrogen-bond donors (Lipinski definition) is 0. The summed E-state index contributed by atoms with van der Waals surface area (Å²) in [4.78, 5) is 26.5. The number of allylic oxidation sites excluding steroid dienone is 2. The van der Waals surface area contributed by atoms with Crippen molar-refractivity contribution in [2.24, 2.45) is 11.8 Å². The number of nitrogens with zero attached hydrogens (tertiary/aromatic N) is 1. The summed E-state index contributed by atoms with van der Waals surface area (Å²) in [6.07, 6.45) is 1.30. The van der Waals surface area contributed by atoms with Crippen LogP contribution in [0.2, 0.25) is 10.0 Å². The van der Waals surface area contributed by atoms with E-state index in [-0.39, 0.29) is 28.7 Å². The first-order valence-electron chi connectivity index (χ1n) is 6.89. The molecule has 1 saturated heterocycles. The molecule has 0 aromatic heterocycles. The van der Waals surface area contributed by atoms with Crippen LogP contribution in [0.5, 0.6) is 0 Å². The van der Waals surface area contributed by atoms with Gasteiger partial charge in [0.1, 0.15) is 0 Å². The lowest BCUT2D eigenvalue weighted by molar-refractivity contribution is -0.122. The fraction of sp³-hybridized carbons (Fsp3) is 0.375. The third kappa shape index (κ3) is 2.19. The van der Waals surface area contributed by atoms with Gasteiger partial charge in [-0.1, -0.05) is 40.4 Å². The zero-order valence-corrected chi connectivity index (χ0v) is 13.3. The van der Waals surface area contributed by atoms with E-state index in [0.717, 1.165) is 0 Å². The Balaban J connectivity index is 2.02. The molecule has 1 aliphatic heterocycles. The van der Waals surface area contributed by atoms with Gasteiger partial charge in [-0.3, -0.25) is 9.59 Å². The molecule has 1 aliphatic carbocycles. The fourth-order valence-corrected chi connectivity index (χ4v) is 3.53. The molecule has 3 rings (SSSR count). The molecular weight excluding hydrogens is 309 g/mol. The van der Waals surface area contributed by atoms with Crippen molar-refractivity contribution in [3.8, 4) is 0 Å². The first-order chi connectivity index (χ1) is 9.91. The molecule has 1 heterocycles. The molecule has 2 atom stereocenters. The summed E-state index contributed by atoms with van der Waals surface area (Å²) in [6, 6.07) is 5.00. The Bertz CT molecular complexity index is 649. The number of halogens is 2. The highest BCUT2D eigenvalue weighted by molar-refractivity contribution is 6.44. The average Bonchev–Trinajstić information content (AvgIpc) is 2.67. The number of rotatable bonds is 1. The van der Waals surface area contributed by atoms with Crippen LogP contribution in [-0.4, -0.2) is 11.8 Å². The number of fused-ring (bicyclic) bond motifs is 1. The Kier molecular flexibility index (Phi) is 3.58. The molecule has 3 nitrogen and oxygen atoms in total. The summed E-state index contributed by atoms with van der Waals surface area (Å²) in [7, 11) is 0. The topological polar surface area (TPSA) is 37.4 Å². The van der Waals surface area contributed by atoms with E-state index in [0.29, 0.717) is 23.6 Å². The van der Waals surface area contributed by atoms with E-state index in [1.54, 1.807) is 18.2 Å². The van der Waals surface area contributed by atoms with Crippen LogP contribution < -0.4 is 4.90 Å². The number of carbonyl (C=O) groups is 2. The molecule has 0 N–H and O–H groups in total. The van der Waals surface area contributed by atoms with Crippen LogP contribution in [0, 0.1) is 11.8 Å². The van der Waals surface area contributed by atoms with Gasteiger partial charge in [-0.25, -0.2) is 4.90 Å². The second-order valence-electron chi connectivity index (χ2n) is 5.77. The molecule has 0 unspecified atom stereocenters. The molecular formula is C16H15Cl2NO2. The Labute approximate surface area is 133 Å². The van der Waals surface area contributed by atoms with Crippen LogP contribution in [0.4, 0.5) is 5.69 Å². The molecule has 110 valence electrons. The highest BCUT2D eigenvalue weighted by atomic mass is 35.5. The minimum absolute atomic E-state index is 0.166. The fourth-order valence-electron chi connectivity index (χ4n) is 3.15. The van der Waals surface area contributed by atoms with Gasteiger partial charge < -0.3 is 0 Å². The van der Waals surface area contributed by atoms with Crippen molar-refractivity contribution in [3.05, 3.63) is 39.4 Å². The highest BCUT2D eigenvalue weighted by Crippen LogP contribution is 2.44. The smallest absolute Gasteiger partial charge is 0.238 e. The van der Waals surface area contributed by atoms with Gasteiger partial charge >= 0.3 is 0 Å². The van der Waals surface area contributed by atoms with Crippen molar-refractivity contribution < 1.29 is 9.59 Å². The lowest BCUT2D eigenvalue weighted by atomic mass is 9.78. The van der Waals surface area contributed by atoms with Crippen LogP contribution in [0.1, 0.15) is 26.7 Å². The van der Waals surface area contributed by atoms with Crippen molar-refractivity contribution in [2.75, 3.05) is 4.90 Å². The van der Waals surface area contributed by atoms with Crippen LogP contribution in [0.15, 0.2) is 29.3 Å². The summed E-state index contributed by atoms with van der Waals surface area (Å²) >= 11 is 12.2. The molecule has 0 spiro atoms. The molecule has 0 radical (unpaired) electrons. The maximum Gasteiger partial charge on any atom is 0.238 e. The molecule has 0 bridgehead atoms. The Hall–Kier alpha value is -1.32. The normalized spacial score (nSPS) is 25.6. The SMILES string of the molecule is CC1=C(C)C[C@H]2C(=O)N(c3cccc(Cl)c3Cl)C(=O)[C@H]2C1. The number of hydrogen-bond acceptors (Lipinski definition) is 2. The maximum absolute atomic E-state index is 12.6. The number of carbonyl (C=O) groups excluding carboxylic acids is 2. The highest BCUT2D eigenvalue weighted by Gasteiger charge is 2.50. The first kappa shape index (κ1) is 14.6. The predicted octanol–water partition coefficient (Wildman–Crippen LogP) is 4.23. The van der Waals surface area contributed by atoms with Crippen LogP contribution >= 0.6 is 23.2 Å². The second-order valence-corrected chi connectivity index (χ2v) is 6.55. The third-order valence-electron chi connectivity index (χ3n) is 4.51. The Morgan fingerprint density at radius 2 is 1.52 bits per heavy atom. The average molecular weight is 324 g/mol. The van der Waals surface area contributed by atoms with E-state index in [4.69, 9.17) is 23.2 Å². The maximum atomic E-state index is 12.6. The van der Waals surface area contributed by atoms with Crippen molar-refractivity contribution >= 4 is 40.7 Å². The first-order valence-corrected chi connectivity index (χ1v) is 7.64.